The molecule has 122 valence electrons. The maximum atomic E-state index is 5.62. The SMILES string of the molecule is CCOc1ccccc1Nc1ccnc(Nc2ccc(C)cc2)n1. The Hall–Kier alpha value is -3.08. The number of benzene rings is 2. The molecule has 0 atom stereocenters. The number of aromatic nitrogens is 2. The third kappa shape index (κ3) is 4.01. The molecule has 2 aromatic carbocycles. The van der Waals surface area contributed by atoms with E-state index in [0.717, 1.165) is 17.1 Å². The molecule has 0 aliphatic rings. The minimum absolute atomic E-state index is 0.540. The van der Waals surface area contributed by atoms with E-state index in [9.17, 15) is 0 Å². The van der Waals surface area contributed by atoms with Crippen LogP contribution in [0, 0.1) is 6.92 Å². The number of hydrogen-bond donors (Lipinski definition) is 2. The third-order valence-corrected chi connectivity index (χ3v) is 3.41. The minimum Gasteiger partial charge on any atom is -0.492 e. The standard InChI is InChI=1S/C19H20N4O/c1-3-24-17-7-5-4-6-16(17)22-18-12-13-20-19(23-18)21-15-10-8-14(2)9-11-15/h4-13H,3H2,1-2H3,(H2,20,21,22,23). The highest BCUT2D eigenvalue weighted by atomic mass is 16.5. The number of hydrogen-bond acceptors (Lipinski definition) is 5. The smallest absolute Gasteiger partial charge is 0.229 e. The predicted molar refractivity (Wildman–Crippen MR) is 97.4 cm³/mol. The van der Waals surface area contributed by atoms with E-state index in [-0.39, 0.29) is 0 Å². The van der Waals surface area contributed by atoms with E-state index in [1.54, 1.807) is 6.20 Å². The second-order valence-electron chi connectivity index (χ2n) is 5.31. The highest BCUT2D eigenvalue weighted by molar-refractivity contribution is 5.65. The molecule has 0 saturated heterocycles. The summed E-state index contributed by atoms with van der Waals surface area (Å²) in [6, 6.07) is 17.7. The van der Waals surface area contributed by atoms with Crippen molar-refractivity contribution in [3.8, 4) is 5.75 Å². The van der Waals surface area contributed by atoms with Crippen molar-refractivity contribution in [1.82, 2.24) is 9.97 Å². The average molecular weight is 320 g/mol. The van der Waals surface area contributed by atoms with Crippen LogP contribution in [0.4, 0.5) is 23.1 Å². The van der Waals surface area contributed by atoms with Crippen LogP contribution < -0.4 is 15.4 Å². The molecule has 0 aliphatic carbocycles. The van der Waals surface area contributed by atoms with Crippen LogP contribution in [-0.2, 0) is 0 Å². The summed E-state index contributed by atoms with van der Waals surface area (Å²) in [6.45, 7) is 4.63. The van der Waals surface area contributed by atoms with Crippen LogP contribution >= 0.6 is 0 Å². The molecule has 1 heterocycles. The maximum Gasteiger partial charge on any atom is 0.229 e. The zero-order chi connectivity index (χ0) is 16.8. The summed E-state index contributed by atoms with van der Waals surface area (Å²) in [6.07, 6.45) is 1.72. The molecule has 3 rings (SSSR count). The second kappa shape index (κ2) is 7.46. The van der Waals surface area contributed by atoms with E-state index >= 15 is 0 Å². The Morgan fingerprint density at radius 3 is 2.54 bits per heavy atom. The Labute approximate surface area is 141 Å². The van der Waals surface area contributed by atoms with E-state index in [2.05, 4.69) is 27.5 Å². The van der Waals surface area contributed by atoms with E-state index in [0.29, 0.717) is 18.4 Å². The number of para-hydroxylation sites is 2. The molecule has 3 aromatic rings. The Morgan fingerprint density at radius 1 is 0.958 bits per heavy atom. The molecule has 0 aliphatic heterocycles. The lowest BCUT2D eigenvalue weighted by Gasteiger charge is -2.12. The fourth-order valence-electron chi connectivity index (χ4n) is 2.24. The van der Waals surface area contributed by atoms with Gasteiger partial charge in [0.2, 0.25) is 5.95 Å². The van der Waals surface area contributed by atoms with Gasteiger partial charge in [0.15, 0.2) is 0 Å². The Morgan fingerprint density at radius 2 is 1.75 bits per heavy atom. The molecule has 0 saturated carbocycles. The summed E-state index contributed by atoms with van der Waals surface area (Å²) in [5, 5.41) is 6.48. The lowest BCUT2D eigenvalue weighted by Crippen LogP contribution is -2.02. The fourth-order valence-corrected chi connectivity index (χ4v) is 2.24. The van der Waals surface area contributed by atoms with Crippen molar-refractivity contribution >= 4 is 23.1 Å². The van der Waals surface area contributed by atoms with Crippen molar-refractivity contribution in [2.75, 3.05) is 17.2 Å². The van der Waals surface area contributed by atoms with Crippen LogP contribution in [0.3, 0.4) is 0 Å². The molecule has 24 heavy (non-hydrogen) atoms. The van der Waals surface area contributed by atoms with Crippen LogP contribution in [0.5, 0.6) is 5.75 Å². The minimum atomic E-state index is 0.540. The summed E-state index contributed by atoms with van der Waals surface area (Å²) in [5.74, 6) is 2.04. The molecule has 0 spiro atoms. The topological polar surface area (TPSA) is 59.1 Å². The number of anilines is 4. The van der Waals surface area contributed by atoms with Gasteiger partial charge in [0.25, 0.3) is 0 Å². The van der Waals surface area contributed by atoms with Crippen molar-refractivity contribution in [3.63, 3.8) is 0 Å². The van der Waals surface area contributed by atoms with Crippen LogP contribution in [-0.4, -0.2) is 16.6 Å². The molecule has 5 nitrogen and oxygen atoms in total. The van der Waals surface area contributed by atoms with Crippen molar-refractivity contribution < 1.29 is 4.74 Å². The van der Waals surface area contributed by atoms with E-state index in [1.165, 1.54) is 5.56 Å². The molecule has 0 amide bonds. The average Bonchev–Trinajstić information content (AvgIpc) is 2.59. The van der Waals surface area contributed by atoms with E-state index < -0.39 is 0 Å². The van der Waals surface area contributed by atoms with Gasteiger partial charge in [-0.05, 0) is 44.2 Å². The lowest BCUT2D eigenvalue weighted by atomic mass is 10.2. The summed E-state index contributed by atoms with van der Waals surface area (Å²) >= 11 is 0. The normalized spacial score (nSPS) is 10.2. The third-order valence-electron chi connectivity index (χ3n) is 3.41. The van der Waals surface area contributed by atoms with Gasteiger partial charge in [-0.15, -0.1) is 0 Å². The second-order valence-corrected chi connectivity index (χ2v) is 5.31. The molecule has 0 fully saturated rings. The van der Waals surface area contributed by atoms with Crippen molar-refractivity contribution in [1.29, 1.82) is 0 Å². The van der Waals surface area contributed by atoms with Gasteiger partial charge in [-0.25, -0.2) is 4.98 Å². The van der Waals surface area contributed by atoms with Gasteiger partial charge < -0.3 is 15.4 Å². The van der Waals surface area contributed by atoms with Gasteiger partial charge in [-0.3, -0.25) is 0 Å². The summed E-state index contributed by atoms with van der Waals surface area (Å²) in [5.41, 5.74) is 3.04. The van der Waals surface area contributed by atoms with Crippen molar-refractivity contribution in [2.45, 2.75) is 13.8 Å². The first-order chi connectivity index (χ1) is 11.7. The molecule has 2 N–H and O–H groups in total. The molecule has 0 bridgehead atoms. The summed E-state index contributed by atoms with van der Waals surface area (Å²) < 4.78 is 5.62. The summed E-state index contributed by atoms with van der Waals surface area (Å²) in [4.78, 5) is 8.76. The number of nitrogens with one attached hydrogen (secondary N) is 2. The largest absolute Gasteiger partial charge is 0.492 e. The number of rotatable bonds is 6. The molecular weight excluding hydrogens is 300 g/mol. The molecule has 0 radical (unpaired) electrons. The predicted octanol–water partition coefficient (Wildman–Crippen LogP) is 4.67. The molecule has 1 aromatic heterocycles. The van der Waals surface area contributed by atoms with Crippen LogP contribution in [0.1, 0.15) is 12.5 Å². The van der Waals surface area contributed by atoms with Crippen LogP contribution in [0.15, 0.2) is 60.8 Å². The number of nitrogens with zero attached hydrogens (tertiary/aromatic N) is 2. The van der Waals surface area contributed by atoms with E-state index in [4.69, 9.17) is 4.74 Å². The number of ether oxygens (including phenoxy) is 1. The van der Waals surface area contributed by atoms with Gasteiger partial charge in [-0.2, -0.15) is 4.98 Å². The zero-order valence-electron chi connectivity index (χ0n) is 13.8. The monoisotopic (exact) mass is 320 g/mol. The Kier molecular flexibility index (Phi) is 4.91. The molecule has 5 heteroatoms. The number of aryl methyl sites for hydroxylation is 1. The van der Waals surface area contributed by atoms with Crippen molar-refractivity contribution in [3.05, 3.63) is 66.4 Å². The Bertz CT molecular complexity index is 802. The first-order valence-electron chi connectivity index (χ1n) is 7.90. The highest BCUT2D eigenvalue weighted by Gasteiger charge is 2.05. The summed E-state index contributed by atoms with van der Waals surface area (Å²) in [7, 11) is 0. The van der Waals surface area contributed by atoms with Gasteiger partial charge >= 0.3 is 0 Å². The fraction of sp³-hybridized carbons (Fsp3) is 0.158. The van der Waals surface area contributed by atoms with Gasteiger partial charge in [0.1, 0.15) is 11.6 Å². The van der Waals surface area contributed by atoms with Crippen LogP contribution in [0.2, 0.25) is 0 Å². The van der Waals surface area contributed by atoms with Gasteiger partial charge in [-0.1, -0.05) is 29.8 Å². The molecular formula is C19H20N4O. The first-order valence-corrected chi connectivity index (χ1v) is 7.90. The maximum absolute atomic E-state index is 5.62. The van der Waals surface area contributed by atoms with Crippen molar-refractivity contribution in [2.24, 2.45) is 0 Å². The van der Waals surface area contributed by atoms with Crippen LogP contribution in [0.25, 0.3) is 0 Å². The van der Waals surface area contributed by atoms with E-state index in [1.807, 2.05) is 61.5 Å². The molecule has 0 unspecified atom stereocenters. The zero-order valence-corrected chi connectivity index (χ0v) is 13.8. The quantitative estimate of drug-likeness (QED) is 0.691. The lowest BCUT2D eigenvalue weighted by molar-refractivity contribution is 0.342. The highest BCUT2D eigenvalue weighted by Crippen LogP contribution is 2.27. The first kappa shape index (κ1) is 15.8. The van der Waals surface area contributed by atoms with Gasteiger partial charge in [0, 0.05) is 11.9 Å². The van der Waals surface area contributed by atoms with Gasteiger partial charge in [0.05, 0.1) is 12.3 Å². The Balaban J connectivity index is 1.77.